The Morgan fingerprint density at radius 1 is 1.03 bits per heavy atom. The van der Waals surface area contributed by atoms with Crippen LogP contribution < -0.4 is 11.1 Å². The highest BCUT2D eigenvalue weighted by molar-refractivity contribution is 5.95. The van der Waals surface area contributed by atoms with E-state index in [9.17, 15) is 14.4 Å². The molecular formula is C25H31N3O4. The Morgan fingerprint density at radius 2 is 1.62 bits per heavy atom. The topological polar surface area (TPSA) is 102 Å². The molecule has 0 aliphatic carbocycles. The molecule has 3 rings (SSSR count). The average Bonchev–Trinajstić information content (AvgIpc) is 2.75. The lowest BCUT2D eigenvalue weighted by atomic mass is 9.78. The molecule has 7 heteroatoms. The van der Waals surface area contributed by atoms with E-state index in [2.05, 4.69) is 5.32 Å². The molecule has 0 aromatic heterocycles. The second-order valence-corrected chi connectivity index (χ2v) is 8.69. The molecule has 1 fully saturated rings. The molecule has 7 nitrogen and oxygen atoms in total. The van der Waals surface area contributed by atoms with Gasteiger partial charge in [0, 0.05) is 13.0 Å². The van der Waals surface area contributed by atoms with Crippen molar-refractivity contribution in [2.45, 2.75) is 51.3 Å². The molecule has 0 bridgehead atoms. The number of benzene rings is 2. The van der Waals surface area contributed by atoms with Gasteiger partial charge >= 0.3 is 6.09 Å². The lowest BCUT2D eigenvalue weighted by Gasteiger charge is -2.50. The Kier molecular flexibility index (Phi) is 7.51. The molecule has 1 heterocycles. The van der Waals surface area contributed by atoms with Crippen molar-refractivity contribution in [3.05, 3.63) is 71.8 Å². The monoisotopic (exact) mass is 437 g/mol. The van der Waals surface area contributed by atoms with Crippen LogP contribution in [0.1, 0.15) is 37.8 Å². The summed E-state index contributed by atoms with van der Waals surface area (Å²) in [5.74, 6) is -0.792. The maximum atomic E-state index is 13.5. The van der Waals surface area contributed by atoms with Gasteiger partial charge in [-0.3, -0.25) is 14.5 Å². The van der Waals surface area contributed by atoms with Gasteiger partial charge in [0.1, 0.15) is 18.2 Å². The molecule has 3 N–H and O–H groups in total. The standard InChI is InChI=1S/C25H31N3O4/c1-18(2)15-21(22(26)29)27-23(30)25(16-19-9-5-3-6-10-19)13-14-28(25)24(31)32-17-20-11-7-4-8-12-20/h3-12,18,21H,13-17H2,1-2H3,(H2,26,29)(H,27,30)/t21-,25-/m0/s1. The molecule has 3 amide bonds. The van der Waals surface area contributed by atoms with E-state index < -0.39 is 23.6 Å². The summed E-state index contributed by atoms with van der Waals surface area (Å²) < 4.78 is 5.51. The van der Waals surface area contributed by atoms with Crippen molar-refractivity contribution in [1.29, 1.82) is 0 Å². The van der Waals surface area contributed by atoms with Gasteiger partial charge in [-0.2, -0.15) is 0 Å². The Balaban J connectivity index is 1.80. The van der Waals surface area contributed by atoms with Crippen molar-refractivity contribution in [2.75, 3.05) is 6.54 Å². The van der Waals surface area contributed by atoms with E-state index in [4.69, 9.17) is 10.5 Å². The average molecular weight is 438 g/mol. The molecule has 0 unspecified atom stereocenters. The summed E-state index contributed by atoms with van der Waals surface area (Å²) in [5.41, 5.74) is 6.20. The van der Waals surface area contributed by atoms with Crippen LogP contribution in [0.2, 0.25) is 0 Å². The Bertz CT molecular complexity index is 933. The molecule has 1 aliphatic rings. The normalized spacial score (nSPS) is 18.5. The summed E-state index contributed by atoms with van der Waals surface area (Å²) in [7, 11) is 0. The molecule has 1 saturated heterocycles. The number of nitrogens with one attached hydrogen (secondary N) is 1. The number of ether oxygens (including phenoxy) is 1. The first-order chi connectivity index (χ1) is 15.3. The SMILES string of the molecule is CC(C)C[C@H](NC(=O)[C@@]1(Cc2ccccc2)CCN1C(=O)OCc1ccccc1)C(N)=O. The minimum Gasteiger partial charge on any atom is -0.445 e. The van der Waals surface area contributed by atoms with Crippen molar-refractivity contribution in [3.63, 3.8) is 0 Å². The summed E-state index contributed by atoms with van der Waals surface area (Å²) in [6.45, 7) is 4.44. The molecule has 170 valence electrons. The van der Waals surface area contributed by atoms with Crippen LogP contribution in [0.15, 0.2) is 60.7 Å². The molecule has 2 atom stereocenters. The predicted molar refractivity (Wildman–Crippen MR) is 121 cm³/mol. The maximum Gasteiger partial charge on any atom is 0.411 e. The Hall–Kier alpha value is -3.35. The zero-order valence-corrected chi connectivity index (χ0v) is 18.6. The first kappa shape index (κ1) is 23.3. The molecule has 1 aliphatic heterocycles. The van der Waals surface area contributed by atoms with Crippen molar-refractivity contribution in [1.82, 2.24) is 10.2 Å². The van der Waals surface area contributed by atoms with Crippen LogP contribution >= 0.6 is 0 Å². The summed E-state index contributed by atoms with van der Waals surface area (Å²) >= 11 is 0. The minimum absolute atomic E-state index is 0.121. The lowest BCUT2D eigenvalue weighted by Crippen LogP contribution is -2.71. The number of amides is 3. The summed E-state index contributed by atoms with van der Waals surface area (Å²) in [4.78, 5) is 39.8. The van der Waals surface area contributed by atoms with Gasteiger partial charge in [0.25, 0.3) is 0 Å². The first-order valence-corrected chi connectivity index (χ1v) is 10.9. The van der Waals surface area contributed by atoms with Crippen LogP contribution in [0.3, 0.4) is 0 Å². The largest absolute Gasteiger partial charge is 0.445 e. The second-order valence-electron chi connectivity index (χ2n) is 8.69. The van der Waals surface area contributed by atoms with E-state index in [0.717, 1.165) is 11.1 Å². The lowest BCUT2D eigenvalue weighted by molar-refractivity contribution is -0.143. The van der Waals surface area contributed by atoms with Gasteiger partial charge < -0.3 is 15.8 Å². The fraction of sp³-hybridized carbons (Fsp3) is 0.400. The molecule has 0 radical (unpaired) electrons. The zero-order chi connectivity index (χ0) is 23.1. The number of likely N-dealkylation sites (tertiary alicyclic amines) is 1. The highest BCUT2D eigenvalue weighted by atomic mass is 16.6. The molecule has 2 aromatic carbocycles. The van der Waals surface area contributed by atoms with Crippen LogP contribution in [-0.4, -0.2) is 40.9 Å². The third-order valence-corrected chi connectivity index (χ3v) is 5.81. The first-order valence-electron chi connectivity index (χ1n) is 10.9. The van der Waals surface area contributed by atoms with Crippen LogP contribution in [0.4, 0.5) is 4.79 Å². The Labute approximate surface area is 188 Å². The highest BCUT2D eigenvalue weighted by Gasteiger charge is 2.54. The van der Waals surface area contributed by atoms with E-state index >= 15 is 0 Å². The fourth-order valence-electron chi connectivity index (χ4n) is 4.00. The van der Waals surface area contributed by atoms with Gasteiger partial charge in [-0.15, -0.1) is 0 Å². The quantitative estimate of drug-likeness (QED) is 0.629. The van der Waals surface area contributed by atoms with Crippen molar-refractivity contribution in [2.24, 2.45) is 11.7 Å². The van der Waals surface area contributed by atoms with Gasteiger partial charge in [-0.1, -0.05) is 74.5 Å². The number of carbonyl (C=O) groups excluding carboxylic acids is 3. The van der Waals surface area contributed by atoms with Crippen LogP contribution in [-0.2, 0) is 27.4 Å². The maximum absolute atomic E-state index is 13.5. The van der Waals surface area contributed by atoms with E-state index in [0.29, 0.717) is 25.8 Å². The smallest absolute Gasteiger partial charge is 0.411 e. The number of hydrogen-bond donors (Lipinski definition) is 2. The molecule has 0 spiro atoms. The molecule has 0 saturated carbocycles. The van der Waals surface area contributed by atoms with Gasteiger partial charge in [-0.05, 0) is 29.9 Å². The number of nitrogens with zero attached hydrogens (tertiary/aromatic N) is 1. The minimum atomic E-state index is -1.13. The molecule has 32 heavy (non-hydrogen) atoms. The van der Waals surface area contributed by atoms with Crippen molar-refractivity contribution >= 4 is 17.9 Å². The van der Waals surface area contributed by atoms with E-state index in [1.165, 1.54) is 4.90 Å². The number of hydrogen-bond acceptors (Lipinski definition) is 4. The van der Waals surface area contributed by atoms with Gasteiger partial charge in [-0.25, -0.2) is 4.79 Å². The number of primary amides is 1. The fourth-order valence-corrected chi connectivity index (χ4v) is 4.00. The van der Waals surface area contributed by atoms with Crippen molar-refractivity contribution in [3.8, 4) is 0 Å². The van der Waals surface area contributed by atoms with Gasteiger partial charge in [0.05, 0.1) is 0 Å². The molecular weight excluding hydrogens is 406 g/mol. The van der Waals surface area contributed by atoms with E-state index in [1.54, 1.807) is 0 Å². The van der Waals surface area contributed by atoms with Crippen LogP contribution in [0, 0.1) is 5.92 Å². The second kappa shape index (κ2) is 10.3. The van der Waals surface area contributed by atoms with E-state index in [-0.39, 0.29) is 18.4 Å². The summed E-state index contributed by atoms with van der Waals surface area (Å²) in [6.07, 6.45) is 0.681. The third-order valence-electron chi connectivity index (χ3n) is 5.81. The third kappa shape index (κ3) is 5.46. The number of carbonyl (C=O) groups is 3. The summed E-state index contributed by atoms with van der Waals surface area (Å²) in [5, 5.41) is 2.81. The van der Waals surface area contributed by atoms with Crippen molar-refractivity contribution < 1.29 is 19.1 Å². The molecule has 2 aromatic rings. The van der Waals surface area contributed by atoms with Crippen LogP contribution in [0.5, 0.6) is 0 Å². The summed E-state index contributed by atoms with van der Waals surface area (Å²) in [6, 6.07) is 18.1. The zero-order valence-electron chi connectivity index (χ0n) is 18.6. The van der Waals surface area contributed by atoms with E-state index in [1.807, 2.05) is 74.5 Å². The van der Waals surface area contributed by atoms with Gasteiger partial charge in [0.2, 0.25) is 11.8 Å². The Morgan fingerprint density at radius 3 is 2.12 bits per heavy atom. The number of rotatable bonds is 9. The van der Waals surface area contributed by atoms with Gasteiger partial charge in [0.15, 0.2) is 0 Å². The van der Waals surface area contributed by atoms with Crippen LogP contribution in [0.25, 0.3) is 0 Å². The highest BCUT2D eigenvalue weighted by Crippen LogP contribution is 2.36. The predicted octanol–water partition coefficient (Wildman–Crippen LogP) is 3.03. The number of nitrogens with two attached hydrogens (primary N) is 1.